The van der Waals surface area contributed by atoms with Gasteiger partial charge in [0.05, 0.1) is 18.0 Å². The van der Waals surface area contributed by atoms with E-state index in [1.165, 1.54) is 7.11 Å². The average Bonchev–Trinajstić information content (AvgIpc) is 2.58. The summed E-state index contributed by atoms with van der Waals surface area (Å²) in [5, 5.41) is 6.54. The number of aromatic nitrogens is 3. The number of hydrogen-bond donors (Lipinski definition) is 1. The summed E-state index contributed by atoms with van der Waals surface area (Å²) in [5.41, 5.74) is 1.54. The SMILES string of the molecule is COc1n[nH]c2cc(C)nc(C(=O)Cl)c12. The predicted octanol–water partition coefficient (Wildman–Crippen LogP) is 1.65. The van der Waals surface area contributed by atoms with Crippen molar-refractivity contribution in [2.24, 2.45) is 0 Å². The summed E-state index contributed by atoms with van der Waals surface area (Å²) in [6.07, 6.45) is 0. The van der Waals surface area contributed by atoms with Crippen LogP contribution in [0.3, 0.4) is 0 Å². The topological polar surface area (TPSA) is 67.9 Å². The lowest BCUT2D eigenvalue weighted by Gasteiger charge is -2.00. The van der Waals surface area contributed by atoms with Gasteiger partial charge in [-0.05, 0) is 24.6 Å². The highest BCUT2D eigenvalue weighted by atomic mass is 35.5. The third-order valence-electron chi connectivity index (χ3n) is 2.02. The zero-order valence-electron chi connectivity index (χ0n) is 8.17. The molecule has 2 aromatic heterocycles. The van der Waals surface area contributed by atoms with E-state index in [0.717, 1.165) is 0 Å². The Labute approximate surface area is 90.4 Å². The fourth-order valence-electron chi connectivity index (χ4n) is 1.43. The van der Waals surface area contributed by atoms with Crippen LogP contribution in [-0.2, 0) is 0 Å². The van der Waals surface area contributed by atoms with Crippen LogP contribution in [0.15, 0.2) is 6.07 Å². The molecule has 5 nitrogen and oxygen atoms in total. The Hall–Kier alpha value is -1.62. The van der Waals surface area contributed by atoms with Crippen LogP contribution < -0.4 is 4.74 Å². The first-order chi connectivity index (χ1) is 7.13. The Morgan fingerprint density at radius 1 is 1.60 bits per heavy atom. The van der Waals surface area contributed by atoms with Crippen LogP contribution in [0, 0.1) is 6.92 Å². The summed E-state index contributed by atoms with van der Waals surface area (Å²) in [6, 6.07) is 1.77. The summed E-state index contributed by atoms with van der Waals surface area (Å²) >= 11 is 5.44. The van der Waals surface area contributed by atoms with Gasteiger partial charge in [-0.3, -0.25) is 9.89 Å². The Morgan fingerprint density at radius 3 is 2.93 bits per heavy atom. The molecule has 0 saturated carbocycles. The zero-order valence-corrected chi connectivity index (χ0v) is 8.92. The highest BCUT2D eigenvalue weighted by molar-refractivity contribution is 6.68. The monoisotopic (exact) mass is 225 g/mol. The fraction of sp³-hybridized carbons (Fsp3) is 0.222. The standard InChI is InChI=1S/C9H8ClN3O2/c1-4-3-5-6(7(11-4)8(10)14)9(15-2)13-12-5/h3H,1-2H3,(H,12,13). The van der Waals surface area contributed by atoms with E-state index in [9.17, 15) is 4.79 Å². The number of H-pyrrole nitrogens is 1. The number of methoxy groups -OCH3 is 1. The molecule has 0 aliphatic rings. The number of hydrogen-bond acceptors (Lipinski definition) is 4. The van der Waals surface area contributed by atoms with Gasteiger partial charge >= 0.3 is 0 Å². The molecule has 0 aliphatic heterocycles. The second-order valence-electron chi connectivity index (χ2n) is 3.04. The third-order valence-corrected chi connectivity index (χ3v) is 2.20. The van der Waals surface area contributed by atoms with Gasteiger partial charge in [0.2, 0.25) is 5.88 Å². The molecule has 2 rings (SSSR count). The van der Waals surface area contributed by atoms with E-state index < -0.39 is 5.24 Å². The number of carbonyl (C=O) groups excluding carboxylic acids is 1. The van der Waals surface area contributed by atoms with Gasteiger partial charge in [-0.25, -0.2) is 4.98 Å². The van der Waals surface area contributed by atoms with Crippen LogP contribution >= 0.6 is 11.6 Å². The molecular weight excluding hydrogens is 218 g/mol. The summed E-state index contributed by atoms with van der Waals surface area (Å²) in [5.74, 6) is 0.321. The Balaban J connectivity index is 2.85. The van der Waals surface area contributed by atoms with Gasteiger partial charge in [0.1, 0.15) is 5.69 Å². The molecule has 0 saturated heterocycles. The van der Waals surface area contributed by atoms with Gasteiger partial charge < -0.3 is 4.74 Å². The van der Waals surface area contributed by atoms with Gasteiger partial charge in [0.25, 0.3) is 5.24 Å². The molecule has 0 radical (unpaired) electrons. The summed E-state index contributed by atoms with van der Waals surface area (Å²) in [4.78, 5) is 15.2. The van der Waals surface area contributed by atoms with Crippen molar-refractivity contribution < 1.29 is 9.53 Å². The minimum Gasteiger partial charge on any atom is -0.479 e. The molecule has 0 aromatic carbocycles. The zero-order chi connectivity index (χ0) is 11.0. The van der Waals surface area contributed by atoms with E-state index in [0.29, 0.717) is 22.5 Å². The maximum atomic E-state index is 11.2. The molecule has 0 unspecified atom stereocenters. The molecule has 1 N–H and O–H groups in total. The van der Waals surface area contributed by atoms with Crippen molar-refractivity contribution in [3.63, 3.8) is 0 Å². The maximum Gasteiger partial charge on any atom is 0.271 e. The molecular formula is C9H8ClN3O2. The van der Waals surface area contributed by atoms with Gasteiger partial charge in [-0.15, -0.1) is 5.10 Å². The van der Waals surface area contributed by atoms with Crippen molar-refractivity contribution in [2.45, 2.75) is 6.92 Å². The second-order valence-corrected chi connectivity index (χ2v) is 3.38. The van der Waals surface area contributed by atoms with E-state index in [-0.39, 0.29) is 5.69 Å². The van der Waals surface area contributed by atoms with E-state index >= 15 is 0 Å². The lowest BCUT2D eigenvalue weighted by molar-refractivity contribution is 0.107. The third kappa shape index (κ3) is 1.55. The van der Waals surface area contributed by atoms with Crippen molar-refractivity contribution in [1.82, 2.24) is 15.2 Å². The largest absolute Gasteiger partial charge is 0.479 e. The van der Waals surface area contributed by atoms with E-state index in [4.69, 9.17) is 16.3 Å². The minimum absolute atomic E-state index is 0.164. The molecule has 15 heavy (non-hydrogen) atoms. The number of aryl methyl sites for hydroxylation is 1. The number of nitrogens with zero attached hydrogens (tertiary/aromatic N) is 2. The number of ether oxygens (including phenoxy) is 1. The van der Waals surface area contributed by atoms with Crippen molar-refractivity contribution >= 4 is 27.7 Å². The second kappa shape index (κ2) is 3.51. The van der Waals surface area contributed by atoms with Crippen molar-refractivity contribution in [2.75, 3.05) is 7.11 Å². The highest BCUT2D eigenvalue weighted by Crippen LogP contribution is 2.26. The van der Waals surface area contributed by atoms with Gasteiger partial charge in [0, 0.05) is 5.69 Å². The smallest absolute Gasteiger partial charge is 0.271 e. The summed E-state index contributed by atoms with van der Waals surface area (Å²) < 4.78 is 5.00. The lowest BCUT2D eigenvalue weighted by Crippen LogP contribution is -1.98. The summed E-state index contributed by atoms with van der Waals surface area (Å²) in [6.45, 7) is 1.77. The molecule has 0 fully saturated rings. The molecule has 0 bridgehead atoms. The minimum atomic E-state index is -0.622. The molecule has 0 atom stereocenters. The van der Waals surface area contributed by atoms with Crippen LogP contribution in [0.25, 0.3) is 10.9 Å². The molecule has 2 heterocycles. The Bertz CT molecular complexity index is 535. The number of rotatable bonds is 2. The maximum absolute atomic E-state index is 11.2. The molecule has 0 spiro atoms. The number of fused-ring (bicyclic) bond motifs is 1. The first-order valence-corrected chi connectivity index (χ1v) is 4.61. The van der Waals surface area contributed by atoms with Crippen molar-refractivity contribution in [1.29, 1.82) is 0 Å². The van der Waals surface area contributed by atoms with Crippen LogP contribution in [0.1, 0.15) is 16.2 Å². The van der Waals surface area contributed by atoms with Crippen LogP contribution in [-0.4, -0.2) is 27.5 Å². The predicted molar refractivity (Wildman–Crippen MR) is 55.4 cm³/mol. The quantitative estimate of drug-likeness (QED) is 0.790. The number of halogens is 1. The van der Waals surface area contributed by atoms with E-state index in [2.05, 4.69) is 15.2 Å². The normalized spacial score (nSPS) is 10.6. The molecule has 6 heteroatoms. The van der Waals surface area contributed by atoms with Crippen molar-refractivity contribution in [3.8, 4) is 5.88 Å². The highest BCUT2D eigenvalue weighted by Gasteiger charge is 2.17. The van der Waals surface area contributed by atoms with Gasteiger partial charge in [0.15, 0.2) is 0 Å². The Kier molecular flexibility index (Phi) is 2.32. The number of pyridine rings is 1. The fourth-order valence-corrected chi connectivity index (χ4v) is 1.57. The van der Waals surface area contributed by atoms with Crippen LogP contribution in [0.4, 0.5) is 0 Å². The van der Waals surface area contributed by atoms with Gasteiger partial charge in [-0.1, -0.05) is 0 Å². The van der Waals surface area contributed by atoms with Crippen LogP contribution in [0.2, 0.25) is 0 Å². The Morgan fingerprint density at radius 2 is 2.33 bits per heavy atom. The average molecular weight is 226 g/mol. The van der Waals surface area contributed by atoms with Gasteiger partial charge in [-0.2, -0.15) is 0 Å². The molecule has 0 aliphatic carbocycles. The molecule has 2 aromatic rings. The number of aromatic amines is 1. The lowest BCUT2D eigenvalue weighted by atomic mass is 10.2. The van der Waals surface area contributed by atoms with E-state index in [1.54, 1.807) is 13.0 Å². The van der Waals surface area contributed by atoms with Crippen molar-refractivity contribution in [3.05, 3.63) is 17.5 Å². The van der Waals surface area contributed by atoms with E-state index in [1.807, 2.05) is 0 Å². The number of carbonyl (C=O) groups is 1. The first-order valence-electron chi connectivity index (χ1n) is 4.23. The first kappa shape index (κ1) is 9.92. The molecule has 78 valence electrons. The van der Waals surface area contributed by atoms with Crippen LogP contribution in [0.5, 0.6) is 5.88 Å². The summed E-state index contributed by atoms with van der Waals surface area (Å²) in [7, 11) is 1.47. The molecule has 0 amide bonds. The number of nitrogens with one attached hydrogen (secondary N) is 1.